The van der Waals surface area contributed by atoms with Crippen molar-refractivity contribution >= 4 is 17.1 Å². The van der Waals surface area contributed by atoms with Gasteiger partial charge in [-0.25, -0.2) is 4.98 Å². The summed E-state index contributed by atoms with van der Waals surface area (Å²) in [7, 11) is 1.68. The molecule has 0 amide bonds. The second-order valence-electron chi connectivity index (χ2n) is 16.0. The number of aromatic nitrogens is 4. The topological polar surface area (TPSA) is 92.6 Å². The summed E-state index contributed by atoms with van der Waals surface area (Å²) >= 11 is 0. The second-order valence-corrected chi connectivity index (χ2v) is 16.0. The van der Waals surface area contributed by atoms with Crippen molar-refractivity contribution in [3.05, 3.63) is 228 Å². The summed E-state index contributed by atoms with van der Waals surface area (Å²) in [6.07, 6.45) is 2.63. The van der Waals surface area contributed by atoms with E-state index in [4.69, 9.17) is 40.5 Å². The number of nitrogens with one attached hydrogen (secondary N) is 1. The molecule has 0 saturated heterocycles. The number of fused-ring (bicyclic) bond motifs is 1. The minimum absolute atomic E-state index is 0.0408. The number of imidazole rings is 1. The smallest absolute Gasteiger partial charge is 0.247 e. The lowest BCUT2D eigenvalue weighted by molar-refractivity contribution is 0.0405. The Morgan fingerprint density at radius 1 is 0.619 bits per heavy atom. The fourth-order valence-corrected chi connectivity index (χ4v) is 8.75. The summed E-state index contributed by atoms with van der Waals surface area (Å²) in [4.78, 5) is 15.4. The van der Waals surface area contributed by atoms with Gasteiger partial charge in [-0.05, 0) is 63.4 Å². The molecule has 1 saturated carbocycles. The normalized spacial score (nSPS) is 16.3. The van der Waals surface area contributed by atoms with Gasteiger partial charge in [-0.15, -0.1) is 0 Å². The quantitative estimate of drug-likeness (QED) is 0.0675. The van der Waals surface area contributed by atoms with E-state index in [1.54, 1.807) is 7.11 Å². The van der Waals surface area contributed by atoms with E-state index in [1.807, 2.05) is 97.3 Å². The van der Waals surface area contributed by atoms with Gasteiger partial charge in [0, 0.05) is 5.92 Å². The number of nitrogens with zero attached hydrogens (tertiary/aromatic N) is 4. The molecule has 3 atom stereocenters. The SMILES string of the molecule is C=C1[C@H](COCc2ccccc2)[C@@H](COCc2ccccc2)C[C@@H]1n1cnc2c(OCc3ccccc3)nc(NC(c3ccccc3)(c3ccccc3)c3ccc(OC)cc3)nc21. The molecule has 8 aromatic rings. The van der Waals surface area contributed by atoms with Crippen LogP contribution in [-0.2, 0) is 34.8 Å². The summed E-state index contributed by atoms with van der Waals surface area (Å²) in [5, 5.41) is 3.89. The zero-order valence-electron chi connectivity index (χ0n) is 35.4. The highest BCUT2D eigenvalue weighted by Crippen LogP contribution is 2.46. The number of hydrogen-bond acceptors (Lipinski definition) is 8. The molecule has 63 heavy (non-hydrogen) atoms. The average molecular weight is 834 g/mol. The molecule has 1 aliphatic carbocycles. The molecule has 9 nitrogen and oxygen atoms in total. The molecule has 9 rings (SSSR count). The van der Waals surface area contributed by atoms with Crippen molar-refractivity contribution < 1.29 is 18.9 Å². The van der Waals surface area contributed by atoms with Crippen molar-refractivity contribution in [1.29, 1.82) is 0 Å². The lowest BCUT2D eigenvalue weighted by atomic mass is 9.77. The summed E-state index contributed by atoms with van der Waals surface area (Å²) < 4.78 is 27.2. The van der Waals surface area contributed by atoms with E-state index >= 15 is 0 Å². The number of rotatable bonds is 18. The van der Waals surface area contributed by atoms with Gasteiger partial charge in [0.25, 0.3) is 0 Å². The van der Waals surface area contributed by atoms with E-state index in [0.717, 1.165) is 51.1 Å². The first-order chi connectivity index (χ1) is 31.1. The predicted octanol–water partition coefficient (Wildman–Crippen LogP) is 11.0. The van der Waals surface area contributed by atoms with Gasteiger partial charge >= 0.3 is 0 Å². The third kappa shape index (κ3) is 9.12. The summed E-state index contributed by atoms with van der Waals surface area (Å²) in [5.41, 5.74) is 7.61. The molecule has 0 bridgehead atoms. The van der Waals surface area contributed by atoms with Gasteiger partial charge in [-0.1, -0.05) is 170 Å². The first-order valence-corrected chi connectivity index (χ1v) is 21.5. The molecule has 9 heteroatoms. The predicted molar refractivity (Wildman–Crippen MR) is 247 cm³/mol. The van der Waals surface area contributed by atoms with Crippen LogP contribution in [0.1, 0.15) is 45.8 Å². The van der Waals surface area contributed by atoms with Gasteiger partial charge < -0.3 is 28.8 Å². The Hall–Kier alpha value is -7.07. The van der Waals surface area contributed by atoms with E-state index in [1.165, 1.54) is 0 Å². The maximum atomic E-state index is 6.60. The van der Waals surface area contributed by atoms with Crippen molar-refractivity contribution in [3.8, 4) is 11.6 Å². The highest BCUT2D eigenvalue weighted by molar-refractivity contribution is 5.78. The zero-order chi connectivity index (χ0) is 42.9. The molecule has 1 fully saturated rings. The van der Waals surface area contributed by atoms with Crippen LogP contribution in [0.5, 0.6) is 11.6 Å². The van der Waals surface area contributed by atoms with Gasteiger partial charge in [0.2, 0.25) is 11.8 Å². The highest BCUT2D eigenvalue weighted by Gasteiger charge is 2.41. The molecule has 2 heterocycles. The molecule has 0 unspecified atom stereocenters. The van der Waals surface area contributed by atoms with Crippen LogP contribution in [0, 0.1) is 11.8 Å². The Bertz CT molecular complexity index is 2660. The van der Waals surface area contributed by atoms with E-state index in [0.29, 0.717) is 56.0 Å². The molecule has 316 valence electrons. The molecule has 2 aromatic heterocycles. The van der Waals surface area contributed by atoms with Crippen LogP contribution in [0.25, 0.3) is 11.2 Å². The van der Waals surface area contributed by atoms with Gasteiger partial charge in [0.05, 0.1) is 45.9 Å². The van der Waals surface area contributed by atoms with E-state index in [-0.39, 0.29) is 17.9 Å². The number of benzene rings is 6. The molecular weight excluding hydrogens is 783 g/mol. The maximum absolute atomic E-state index is 6.60. The average Bonchev–Trinajstić information content (AvgIpc) is 3.91. The molecule has 6 aromatic carbocycles. The van der Waals surface area contributed by atoms with Gasteiger partial charge in [-0.3, -0.25) is 0 Å². The first-order valence-electron chi connectivity index (χ1n) is 21.5. The van der Waals surface area contributed by atoms with Crippen molar-refractivity contribution in [3.63, 3.8) is 0 Å². The van der Waals surface area contributed by atoms with Crippen molar-refractivity contribution in [1.82, 2.24) is 19.5 Å². The minimum atomic E-state index is -0.927. The van der Waals surface area contributed by atoms with Crippen LogP contribution in [0.15, 0.2) is 194 Å². The Morgan fingerprint density at radius 2 is 1.13 bits per heavy atom. The molecule has 0 radical (unpaired) electrons. The summed E-state index contributed by atoms with van der Waals surface area (Å²) in [5.74, 6) is 1.70. The largest absolute Gasteiger partial charge is 0.497 e. The standard InChI is InChI=1S/C54H51N5O4/c1-39-48(37-62-34-41-20-10-4-11-21-41)43(36-61-33-40-18-8-3-9-19-40)32-49(39)59-38-55-50-51(59)56-53(57-52(50)63-35-42-22-12-5-13-23-42)58-54(44-24-14-6-15-25-44,45-26-16-7-17-27-45)46-28-30-47(60-2)31-29-46/h3-31,38,43,48-49H,1,32-37H2,2H3,(H,56,57,58)/t43-,48+,49+/m1/s1. The monoisotopic (exact) mass is 833 g/mol. The number of anilines is 1. The maximum Gasteiger partial charge on any atom is 0.247 e. The van der Waals surface area contributed by atoms with Crippen molar-refractivity contribution in [2.24, 2.45) is 11.8 Å². The fraction of sp³-hybridized carbons (Fsp3) is 0.204. The highest BCUT2D eigenvalue weighted by atomic mass is 16.5. The zero-order valence-corrected chi connectivity index (χ0v) is 35.4. The lowest BCUT2D eigenvalue weighted by Crippen LogP contribution is -2.38. The Labute approximate surface area is 369 Å². The third-order valence-electron chi connectivity index (χ3n) is 12.0. The Morgan fingerprint density at radius 3 is 1.68 bits per heavy atom. The van der Waals surface area contributed by atoms with Crippen molar-refractivity contribution in [2.45, 2.75) is 37.8 Å². The van der Waals surface area contributed by atoms with Gasteiger partial charge in [0.1, 0.15) is 17.9 Å². The van der Waals surface area contributed by atoms with Crippen LogP contribution < -0.4 is 14.8 Å². The van der Waals surface area contributed by atoms with Crippen molar-refractivity contribution in [2.75, 3.05) is 25.6 Å². The van der Waals surface area contributed by atoms with Crippen LogP contribution in [0.3, 0.4) is 0 Å². The van der Waals surface area contributed by atoms with E-state index < -0.39 is 5.54 Å². The molecular formula is C54H51N5O4. The van der Waals surface area contributed by atoms with Crippen LogP contribution >= 0.6 is 0 Å². The number of hydrogen-bond donors (Lipinski definition) is 1. The number of methoxy groups -OCH3 is 1. The van der Waals surface area contributed by atoms with Crippen LogP contribution in [0.4, 0.5) is 5.95 Å². The van der Waals surface area contributed by atoms with Crippen LogP contribution in [-0.4, -0.2) is 39.8 Å². The lowest BCUT2D eigenvalue weighted by Gasteiger charge is -2.37. The Kier molecular flexibility index (Phi) is 12.7. The minimum Gasteiger partial charge on any atom is -0.497 e. The third-order valence-corrected chi connectivity index (χ3v) is 12.0. The fourth-order valence-electron chi connectivity index (χ4n) is 8.75. The van der Waals surface area contributed by atoms with E-state index in [9.17, 15) is 0 Å². The van der Waals surface area contributed by atoms with E-state index in [2.05, 4.69) is 94.8 Å². The summed E-state index contributed by atoms with van der Waals surface area (Å²) in [6.45, 7) is 7.18. The van der Waals surface area contributed by atoms with Gasteiger partial charge in [-0.2, -0.15) is 9.97 Å². The first kappa shape index (κ1) is 41.3. The molecule has 0 spiro atoms. The number of ether oxygens (including phenoxy) is 4. The molecule has 1 aliphatic rings. The van der Waals surface area contributed by atoms with Crippen LogP contribution in [0.2, 0.25) is 0 Å². The molecule has 1 N–H and O–H groups in total. The van der Waals surface area contributed by atoms with Gasteiger partial charge in [0.15, 0.2) is 11.2 Å². The second kappa shape index (κ2) is 19.3. The summed E-state index contributed by atoms with van der Waals surface area (Å²) in [6, 6.07) is 59.4. The Balaban J connectivity index is 1.12. The molecule has 0 aliphatic heterocycles.